The number of carboxylic acid groups (broad SMARTS) is 1. The largest absolute Gasteiger partial charge is 0.480 e. The molecule has 34 heavy (non-hydrogen) atoms. The topological polar surface area (TPSA) is 105 Å². The van der Waals surface area contributed by atoms with Gasteiger partial charge in [-0.15, -0.1) is 11.3 Å². The van der Waals surface area contributed by atoms with Gasteiger partial charge in [-0.3, -0.25) is 9.79 Å². The SMILES string of the molecule is CC(N)=NCCCC(NC(=O)c1ccc(C(c2ccccc2Cl)c2ccccc2Cl)s1)C(=O)O. The van der Waals surface area contributed by atoms with E-state index in [0.717, 1.165) is 16.0 Å². The molecule has 0 radical (unpaired) electrons. The Morgan fingerprint density at radius 1 is 1.03 bits per heavy atom. The highest BCUT2D eigenvalue weighted by atomic mass is 35.5. The Morgan fingerprint density at radius 3 is 2.15 bits per heavy atom. The van der Waals surface area contributed by atoms with E-state index in [1.54, 1.807) is 13.0 Å². The zero-order chi connectivity index (χ0) is 24.7. The number of nitrogens with one attached hydrogen (secondary N) is 1. The minimum atomic E-state index is -1.09. The van der Waals surface area contributed by atoms with E-state index in [1.165, 1.54) is 11.3 Å². The fraction of sp³-hybridized carbons (Fsp3) is 0.240. The first-order valence-corrected chi connectivity index (χ1v) is 12.2. The molecule has 3 aromatic rings. The minimum absolute atomic E-state index is 0.248. The summed E-state index contributed by atoms with van der Waals surface area (Å²) >= 11 is 14.3. The molecule has 0 spiro atoms. The lowest BCUT2D eigenvalue weighted by atomic mass is 9.90. The third-order valence-electron chi connectivity index (χ3n) is 5.18. The van der Waals surface area contributed by atoms with Gasteiger partial charge in [0.05, 0.1) is 10.7 Å². The summed E-state index contributed by atoms with van der Waals surface area (Å²) < 4.78 is 0. The van der Waals surface area contributed by atoms with Crippen molar-refractivity contribution in [2.24, 2.45) is 10.7 Å². The van der Waals surface area contributed by atoms with Gasteiger partial charge < -0.3 is 16.2 Å². The highest BCUT2D eigenvalue weighted by Gasteiger charge is 2.26. The molecule has 4 N–H and O–H groups in total. The summed E-state index contributed by atoms with van der Waals surface area (Å²) in [5.74, 6) is -1.38. The number of carbonyl (C=O) groups is 2. The van der Waals surface area contributed by atoms with Crippen molar-refractivity contribution < 1.29 is 14.7 Å². The second-order valence-corrected chi connectivity index (χ2v) is 9.64. The number of carboxylic acids is 1. The van der Waals surface area contributed by atoms with Crippen LogP contribution in [0.25, 0.3) is 0 Å². The van der Waals surface area contributed by atoms with Crippen molar-refractivity contribution in [2.45, 2.75) is 31.7 Å². The number of rotatable bonds is 10. The highest BCUT2D eigenvalue weighted by Crippen LogP contribution is 2.41. The Kier molecular flexibility index (Phi) is 9.10. The average molecular weight is 518 g/mol. The summed E-state index contributed by atoms with van der Waals surface area (Å²) in [6, 6.07) is 17.5. The van der Waals surface area contributed by atoms with Crippen LogP contribution >= 0.6 is 34.5 Å². The van der Waals surface area contributed by atoms with Gasteiger partial charge in [0.25, 0.3) is 5.91 Å². The highest BCUT2D eigenvalue weighted by molar-refractivity contribution is 7.14. The molecule has 9 heteroatoms. The molecule has 1 heterocycles. The normalized spacial score (nSPS) is 12.5. The summed E-state index contributed by atoms with van der Waals surface area (Å²) in [6.07, 6.45) is 0.737. The molecule has 3 rings (SSSR count). The molecule has 6 nitrogen and oxygen atoms in total. The molecule has 1 atom stereocenters. The summed E-state index contributed by atoms with van der Waals surface area (Å²) in [5, 5.41) is 13.3. The van der Waals surface area contributed by atoms with Gasteiger partial charge in [0.1, 0.15) is 6.04 Å². The van der Waals surface area contributed by atoms with E-state index in [2.05, 4.69) is 10.3 Å². The van der Waals surface area contributed by atoms with Crippen molar-refractivity contribution in [3.8, 4) is 0 Å². The van der Waals surface area contributed by atoms with Crippen LogP contribution in [0, 0.1) is 0 Å². The van der Waals surface area contributed by atoms with Gasteiger partial charge in [-0.05, 0) is 55.2 Å². The molecule has 0 saturated carbocycles. The molecule has 1 aromatic heterocycles. The quantitative estimate of drug-likeness (QED) is 0.185. The molecule has 0 aliphatic heterocycles. The maximum atomic E-state index is 12.9. The van der Waals surface area contributed by atoms with E-state index in [9.17, 15) is 14.7 Å². The number of halogens is 2. The van der Waals surface area contributed by atoms with Gasteiger partial charge in [-0.1, -0.05) is 59.6 Å². The van der Waals surface area contributed by atoms with E-state index < -0.39 is 17.9 Å². The van der Waals surface area contributed by atoms with Gasteiger partial charge in [0, 0.05) is 27.4 Å². The number of amides is 1. The Morgan fingerprint density at radius 2 is 1.62 bits per heavy atom. The lowest BCUT2D eigenvalue weighted by Crippen LogP contribution is -2.40. The van der Waals surface area contributed by atoms with E-state index in [1.807, 2.05) is 54.6 Å². The molecule has 2 aromatic carbocycles. The van der Waals surface area contributed by atoms with Crippen LogP contribution in [0.1, 0.15) is 51.4 Å². The fourth-order valence-electron chi connectivity index (χ4n) is 3.56. The third kappa shape index (κ3) is 6.59. The van der Waals surface area contributed by atoms with E-state index >= 15 is 0 Å². The zero-order valence-electron chi connectivity index (χ0n) is 18.5. The summed E-state index contributed by atoms with van der Waals surface area (Å²) in [5.41, 5.74) is 7.24. The minimum Gasteiger partial charge on any atom is -0.480 e. The predicted octanol–water partition coefficient (Wildman–Crippen LogP) is 5.58. The molecule has 0 aliphatic rings. The number of carbonyl (C=O) groups excluding carboxylic acids is 1. The van der Waals surface area contributed by atoms with Crippen molar-refractivity contribution in [2.75, 3.05) is 6.54 Å². The molecular formula is C25H25Cl2N3O3S. The average Bonchev–Trinajstić information content (AvgIpc) is 3.28. The number of hydrogen-bond acceptors (Lipinski definition) is 4. The molecule has 178 valence electrons. The van der Waals surface area contributed by atoms with Crippen LogP contribution < -0.4 is 11.1 Å². The smallest absolute Gasteiger partial charge is 0.326 e. The Labute approximate surface area is 212 Å². The van der Waals surface area contributed by atoms with Crippen LogP contribution in [0.4, 0.5) is 0 Å². The molecule has 1 amide bonds. The van der Waals surface area contributed by atoms with Gasteiger partial charge in [-0.2, -0.15) is 0 Å². The molecule has 0 saturated heterocycles. The number of aliphatic imine (C=N–C) groups is 1. The van der Waals surface area contributed by atoms with Crippen LogP contribution in [0.3, 0.4) is 0 Å². The number of amidine groups is 1. The maximum absolute atomic E-state index is 12.9. The number of hydrogen-bond donors (Lipinski definition) is 3. The maximum Gasteiger partial charge on any atom is 0.326 e. The molecular weight excluding hydrogens is 493 g/mol. The fourth-order valence-corrected chi connectivity index (χ4v) is 5.10. The summed E-state index contributed by atoms with van der Waals surface area (Å²) in [6.45, 7) is 2.08. The van der Waals surface area contributed by atoms with E-state index in [0.29, 0.717) is 33.7 Å². The van der Waals surface area contributed by atoms with Crippen LogP contribution in [0.15, 0.2) is 65.7 Å². The first-order valence-electron chi connectivity index (χ1n) is 10.7. The monoisotopic (exact) mass is 517 g/mol. The lowest BCUT2D eigenvalue weighted by molar-refractivity contribution is -0.139. The zero-order valence-corrected chi connectivity index (χ0v) is 20.8. The van der Waals surface area contributed by atoms with Crippen molar-refractivity contribution in [3.05, 3.63) is 91.6 Å². The van der Waals surface area contributed by atoms with Gasteiger partial charge >= 0.3 is 5.97 Å². The van der Waals surface area contributed by atoms with Crippen LogP contribution in [-0.2, 0) is 4.79 Å². The van der Waals surface area contributed by atoms with Crippen LogP contribution in [-0.4, -0.2) is 35.4 Å². The number of benzene rings is 2. The third-order valence-corrected chi connectivity index (χ3v) is 7.02. The Bertz CT molecular complexity index is 1150. The second kappa shape index (κ2) is 12.0. The van der Waals surface area contributed by atoms with Crippen LogP contribution in [0.5, 0.6) is 0 Å². The van der Waals surface area contributed by atoms with Gasteiger partial charge in [0.15, 0.2) is 0 Å². The first-order chi connectivity index (χ1) is 16.3. The van der Waals surface area contributed by atoms with Crippen LogP contribution in [0.2, 0.25) is 10.0 Å². The Hall–Kier alpha value is -2.87. The van der Waals surface area contributed by atoms with Gasteiger partial charge in [0.2, 0.25) is 0 Å². The molecule has 0 bridgehead atoms. The second-order valence-electron chi connectivity index (χ2n) is 7.71. The van der Waals surface area contributed by atoms with Crippen molar-refractivity contribution in [1.29, 1.82) is 0 Å². The first kappa shape index (κ1) is 25.7. The Balaban J connectivity index is 1.85. The van der Waals surface area contributed by atoms with Crippen molar-refractivity contribution >= 4 is 52.3 Å². The molecule has 0 fully saturated rings. The molecule has 1 unspecified atom stereocenters. The number of thiophene rings is 1. The van der Waals surface area contributed by atoms with Crippen molar-refractivity contribution in [3.63, 3.8) is 0 Å². The summed E-state index contributed by atoms with van der Waals surface area (Å²) in [7, 11) is 0. The number of aliphatic carboxylic acids is 1. The predicted molar refractivity (Wildman–Crippen MR) is 138 cm³/mol. The summed E-state index contributed by atoms with van der Waals surface area (Å²) in [4.78, 5) is 29.9. The number of nitrogens with zero attached hydrogens (tertiary/aromatic N) is 1. The number of nitrogens with two attached hydrogens (primary N) is 1. The van der Waals surface area contributed by atoms with Gasteiger partial charge in [-0.25, -0.2) is 4.79 Å². The molecule has 0 aliphatic carbocycles. The van der Waals surface area contributed by atoms with Crippen molar-refractivity contribution in [1.82, 2.24) is 5.32 Å². The lowest BCUT2D eigenvalue weighted by Gasteiger charge is -2.19. The van der Waals surface area contributed by atoms with E-state index in [4.69, 9.17) is 28.9 Å². The standard InChI is InChI=1S/C25H25Cl2N3O3S/c1-15(28)29-14-6-11-20(25(32)33)30-24(31)22-13-12-21(34-22)23(16-7-2-4-9-18(16)26)17-8-3-5-10-19(17)27/h2-5,7-10,12-13,20,23H,6,11,14H2,1H3,(H2,28,29)(H,30,31)(H,32,33). The van der Waals surface area contributed by atoms with E-state index in [-0.39, 0.29) is 12.3 Å².